The number of ether oxygens (including phenoxy) is 1. The lowest BCUT2D eigenvalue weighted by atomic mass is 9.92. The van der Waals surface area contributed by atoms with Gasteiger partial charge in [-0.25, -0.2) is 0 Å². The van der Waals surface area contributed by atoms with Crippen molar-refractivity contribution in [2.75, 3.05) is 19.7 Å². The predicted molar refractivity (Wildman–Crippen MR) is 56.6 cm³/mol. The SMILES string of the molecule is FC(F)(F)C1(COC2CCNCC23CC3)CC1. The van der Waals surface area contributed by atoms with E-state index in [2.05, 4.69) is 5.32 Å². The van der Waals surface area contributed by atoms with Crippen LogP contribution in [-0.4, -0.2) is 32.0 Å². The van der Waals surface area contributed by atoms with E-state index >= 15 is 0 Å². The van der Waals surface area contributed by atoms with Crippen LogP contribution >= 0.6 is 0 Å². The molecule has 2 saturated carbocycles. The first-order valence-corrected chi connectivity index (χ1v) is 6.37. The maximum Gasteiger partial charge on any atom is 0.396 e. The van der Waals surface area contributed by atoms with Crippen LogP contribution in [0.15, 0.2) is 0 Å². The van der Waals surface area contributed by atoms with Crippen LogP contribution in [0, 0.1) is 10.8 Å². The Kier molecular flexibility index (Phi) is 2.50. The molecule has 1 spiro atoms. The minimum atomic E-state index is -4.09. The molecule has 0 amide bonds. The molecular formula is C12H18F3NO. The first kappa shape index (κ1) is 11.8. The maximum absolute atomic E-state index is 12.8. The van der Waals surface area contributed by atoms with E-state index in [1.165, 1.54) is 0 Å². The Hall–Kier alpha value is -0.290. The van der Waals surface area contributed by atoms with Crippen LogP contribution in [-0.2, 0) is 4.74 Å². The summed E-state index contributed by atoms with van der Waals surface area (Å²) in [5.74, 6) is 0. The maximum atomic E-state index is 12.8. The molecule has 1 atom stereocenters. The second-order valence-electron chi connectivity index (χ2n) is 5.91. The molecule has 0 radical (unpaired) electrons. The van der Waals surface area contributed by atoms with Gasteiger partial charge in [0.05, 0.1) is 18.1 Å². The van der Waals surface area contributed by atoms with E-state index in [1.54, 1.807) is 0 Å². The normalized spacial score (nSPS) is 33.7. The highest BCUT2D eigenvalue weighted by Crippen LogP contribution is 2.59. The summed E-state index contributed by atoms with van der Waals surface area (Å²) in [5.41, 5.74) is -1.34. The third kappa shape index (κ3) is 1.97. The molecule has 0 aromatic carbocycles. The lowest BCUT2D eigenvalue weighted by Gasteiger charge is -2.33. The zero-order valence-corrected chi connectivity index (χ0v) is 9.78. The minimum Gasteiger partial charge on any atom is -0.377 e. The molecular weight excluding hydrogens is 231 g/mol. The lowest BCUT2D eigenvalue weighted by Crippen LogP contribution is -2.44. The van der Waals surface area contributed by atoms with Crippen LogP contribution < -0.4 is 5.32 Å². The molecule has 2 aliphatic carbocycles. The molecule has 0 bridgehead atoms. The van der Waals surface area contributed by atoms with Gasteiger partial charge in [0.25, 0.3) is 0 Å². The molecule has 3 rings (SSSR count). The van der Waals surface area contributed by atoms with Crippen molar-refractivity contribution in [2.45, 2.75) is 44.4 Å². The van der Waals surface area contributed by atoms with Gasteiger partial charge >= 0.3 is 6.18 Å². The van der Waals surface area contributed by atoms with Gasteiger partial charge < -0.3 is 10.1 Å². The van der Waals surface area contributed by atoms with Crippen molar-refractivity contribution in [3.8, 4) is 0 Å². The van der Waals surface area contributed by atoms with Crippen LogP contribution in [0.2, 0.25) is 0 Å². The molecule has 3 aliphatic rings. The summed E-state index contributed by atoms with van der Waals surface area (Å²) in [7, 11) is 0. The minimum absolute atomic E-state index is 0.0450. The standard InChI is InChI=1S/C12H18F3NO/c13-12(14,15)11(4-5-11)8-17-9-1-6-16-7-10(9)2-3-10/h9,16H,1-8H2. The summed E-state index contributed by atoms with van der Waals surface area (Å²) < 4.78 is 44.0. The fourth-order valence-corrected chi connectivity index (χ4v) is 2.83. The molecule has 0 aromatic rings. The second-order valence-corrected chi connectivity index (χ2v) is 5.91. The van der Waals surface area contributed by atoms with E-state index in [9.17, 15) is 13.2 Å². The lowest BCUT2D eigenvalue weighted by molar-refractivity contribution is -0.209. The van der Waals surface area contributed by atoms with Gasteiger partial charge in [-0.3, -0.25) is 0 Å². The number of hydrogen-bond donors (Lipinski definition) is 1. The number of piperidine rings is 1. The number of nitrogens with one attached hydrogen (secondary N) is 1. The van der Waals surface area contributed by atoms with Crippen LogP contribution in [0.4, 0.5) is 13.2 Å². The van der Waals surface area contributed by atoms with Crippen molar-refractivity contribution in [1.82, 2.24) is 5.32 Å². The molecule has 1 heterocycles. The van der Waals surface area contributed by atoms with Gasteiger partial charge in [-0.2, -0.15) is 13.2 Å². The number of halogens is 3. The molecule has 5 heteroatoms. The smallest absolute Gasteiger partial charge is 0.377 e. The molecule has 2 nitrogen and oxygen atoms in total. The van der Waals surface area contributed by atoms with E-state index in [0.717, 1.165) is 32.4 Å². The Labute approximate surface area is 98.9 Å². The summed E-state index contributed by atoms with van der Waals surface area (Å²) in [4.78, 5) is 0. The van der Waals surface area contributed by atoms with Crippen LogP contribution in [0.25, 0.3) is 0 Å². The highest BCUT2D eigenvalue weighted by atomic mass is 19.4. The van der Waals surface area contributed by atoms with E-state index < -0.39 is 11.6 Å². The largest absolute Gasteiger partial charge is 0.396 e. The van der Waals surface area contributed by atoms with Crippen LogP contribution in [0.1, 0.15) is 32.1 Å². The van der Waals surface area contributed by atoms with Crippen LogP contribution in [0.3, 0.4) is 0 Å². The molecule has 1 unspecified atom stereocenters. The van der Waals surface area contributed by atoms with Gasteiger partial charge in [0.2, 0.25) is 0 Å². The van der Waals surface area contributed by atoms with E-state index in [1.807, 2.05) is 0 Å². The molecule has 1 saturated heterocycles. The number of rotatable bonds is 3. The van der Waals surface area contributed by atoms with Crippen molar-refractivity contribution < 1.29 is 17.9 Å². The van der Waals surface area contributed by atoms with Crippen molar-refractivity contribution in [3.05, 3.63) is 0 Å². The molecule has 3 fully saturated rings. The summed E-state index contributed by atoms with van der Waals surface area (Å²) in [5, 5.41) is 3.31. The van der Waals surface area contributed by atoms with Crippen molar-refractivity contribution in [1.29, 1.82) is 0 Å². The Bertz CT molecular complexity index is 307. The Morgan fingerprint density at radius 1 is 1.18 bits per heavy atom. The molecule has 0 aromatic heterocycles. The van der Waals surface area contributed by atoms with Gasteiger partial charge in [0, 0.05) is 12.0 Å². The zero-order chi connectivity index (χ0) is 12.1. The second kappa shape index (κ2) is 3.60. The van der Waals surface area contributed by atoms with Crippen molar-refractivity contribution >= 4 is 0 Å². The van der Waals surface area contributed by atoms with Gasteiger partial charge in [0.1, 0.15) is 0 Å². The predicted octanol–water partition coefficient (Wildman–Crippen LogP) is 2.49. The molecule has 17 heavy (non-hydrogen) atoms. The fraction of sp³-hybridized carbons (Fsp3) is 1.00. The highest BCUT2D eigenvalue weighted by Gasteiger charge is 2.64. The molecule has 1 aliphatic heterocycles. The number of hydrogen-bond acceptors (Lipinski definition) is 2. The third-order valence-electron chi connectivity index (χ3n) is 4.65. The van der Waals surface area contributed by atoms with Gasteiger partial charge in [-0.1, -0.05) is 0 Å². The Balaban J connectivity index is 1.58. The first-order chi connectivity index (χ1) is 7.98. The zero-order valence-electron chi connectivity index (χ0n) is 9.78. The number of alkyl halides is 3. The monoisotopic (exact) mass is 249 g/mol. The van der Waals surface area contributed by atoms with Gasteiger partial charge in [-0.05, 0) is 38.6 Å². The third-order valence-corrected chi connectivity index (χ3v) is 4.65. The summed E-state index contributed by atoms with van der Waals surface area (Å²) >= 11 is 0. The quantitative estimate of drug-likeness (QED) is 0.829. The average molecular weight is 249 g/mol. The Morgan fingerprint density at radius 3 is 2.41 bits per heavy atom. The van der Waals surface area contributed by atoms with E-state index in [4.69, 9.17) is 4.74 Å². The summed E-state index contributed by atoms with van der Waals surface area (Å²) in [6, 6.07) is 0. The van der Waals surface area contributed by atoms with Crippen molar-refractivity contribution in [3.63, 3.8) is 0 Å². The first-order valence-electron chi connectivity index (χ1n) is 6.37. The topological polar surface area (TPSA) is 21.3 Å². The van der Waals surface area contributed by atoms with E-state index in [-0.39, 0.29) is 31.0 Å². The fourth-order valence-electron chi connectivity index (χ4n) is 2.83. The average Bonchev–Trinajstić information content (AvgIpc) is 3.12. The van der Waals surface area contributed by atoms with Gasteiger partial charge in [0.15, 0.2) is 0 Å². The van der Waals surface area contributed by atoms with Gasteiger partial charge in [-0.15, -0.1) is 0 Å². The van der Waals surface area contributed by atoms with Crippen LogP contribution in [0.5, 0.6) is 0 Å². The summed E-state index contributed by atoms with van der Waals surface area (Å²) in [6.07, 6.45) is -0.496. The highest BCUT2D eigenvalue weighted by molar-refractivity contribution is 5.05. The summed E-state index contributed by atoms with van der Waals surface area (Å²) in [6.45, 7) is 1.66. The Morgan fingerprint density at radius 2 is 1.88 bits per heavy atom. The van der Waals surface area contributed by atoms with E-state index in [0.29, 0.717) is 0 Å². The molecule has 1 N–H and O–H groups in total. The molecule has 98 valence electrons. The van der Waals surface area contributed by atoms with Crippen molar-refractivity contribution in [2.24, 2.45) is 10.8 Å².